The number of carboxylic acids is 1. The Labute approximate surface area is 123 Å². The molecule has 0 aliphatic heterocycles. The molecule has 0 bridgehead atoms. The molecule has 1 amide bonds. The average molecular weight is 293 g/mol. The predicted octanol–water partition coefficient (Wildman–Crippen LogP) is 2.66. The molecule has 2 N–H and O–H groups in total. The van der Waals surface area contributed by atoms with Crippen molar-refractivity contribution in [1.82, 2.24) is 5.32 Å². The van der Waals surface area contributed by atoms with E-state index in [-0.39, 0.29) is 24.6 Å². The maximum absolute atomic E-state index is 12.8. The van der Waals surface area contributed by atoms with E-state index in [1.807, 2.05) is 0 Å². The van der Waals surface area contributed by atoms with Crippen LogP contribution in [0.4, 0.5) is 4.39 Å². The highest BCUT2D eigenvalue weighted by Crippen LogP contribution is 2.32. The summed E-state index contributed by atoms with van der Waals surface area (Å²) in [6.45, 7) is 0. The lowest BCUT2D eigenvalue weighted by atomic mass is 9.93. The standard InChI is InChI=1S/C16H20FNO3/c17-13-6-3-12(4-7-13)5-8-14(19)18-16(11-15(20)21)9-1-2-10-16/h3-4,6-7H,1-2,5,8-11H2,(H,18,19)(H,20,21). The number of benzene rings is 1. The van der Waals surface area contributed by atoms with Gasteiger partial charge in [0.05, 0.1) is 12.0 Å². The van der Waals surface area contributed by atoms with Gasteiger partial charge >= 0.3 is 5.97 Å². The fraction of sp³-hybridized carbons (Fsp3) is 0.500. The summed E-state index contributed by atoms with van der Waals surface area (Å²) in [6.07, 6.45) is 4.14. The van der Waals surface area contributed by atoms with Crippen LogP contribution < -0.4 is 5.32 Å². The van der Waals surface area contributed by atoms with Crippen molar-refractivity contribution < 1.29 is 19.1 Å². The van der Waals surface area contributed by atoms with Crippen molar-refractivity contribution in [3.05, 3.63) is 35.6 Å². The first-order valence-corrected chi connectivity index (χ1v) is 7.26. The Bertz CT molecular complexity index is 507. The summed E-state index contributed by atoms with van der Waals surface area (Å²) in [6, 6.07) is 6.06. The van der Waals surface area contributed by atoms with Crippen LogP contribution in [0.25, 0.3) is 0 Å². The van der Waals surface area contributed by atoms with Crippen molar-refractivity contribution >= 4 is 11.9 Å². The summed E-state index contributed by atoms with van der Waals surface area (Å²) in [4.78, 5) is 23.0. The summed E-state index contributed by atoms with van der Waals surface area (Å²) >= 11 is 0. The van der Waals surface area contributed by atoms with E-state index in [0.717, 1.165) is 31.2 Å². The smallest absolute Gasteiger partial charge is 0.305 e. The van der Waals surface area contributed by atoms with Crippen LogP contribution in [-0.2, 0) is 16.0 Å². The summed E-state index contributed by atoms with van der Waals surface area (Å²) in [5.74, 6) is -1.31. The van der Waals surface area contributed by atoms with Crippen molar-refractivity contribution in [2.75, 3.05) is 0 Å². The molecule has 1 fully saturated rings. The number of rotatable bonds is 6. The maximum Gasteiger partial charge on any atom is 0.305 e. The summed E-state index contributed by atoms with van der Waals surface area (Å²) in [7, 11) is 0. The van der Waals surface area contributed by atoms with Gasteiger partial charge < -0.3 is 10.4 Å². The number of nitrogens with one attached hydrogen (secondary N) is 1. The Hall–Kier alpha value is -1.91. The third-order valence-corrected chi connectivity index (χ3v) is 4.01. The van der Waals surface area contributed by atoms with E-state index >= 15 is 0 Å². The number of halogens is 1. The van der Waals surface area contributed by atoms with Gasteiger partial charge in [-0.1, -0.05) is 25.0 Å². The zero-order chi connectivity index (χ0) is 15.3. The minimum absolute atomic E-state index is 0.0186. The molecule has 5 heteroatoms. The van der Waals surface area contributed by atoms with Gasteiger partial charge in [0.2, 0.25) is 5.91 Å². The van der Waals surface area contributed by atoms with E-state index in [1.54, 1.807) is 12.1 Å². The molecule has 0 atom stereocenters. The van der Waals surface area contributed by atoms with Crippen LogP contribution in [0.15, 0.2) is 24.3 Å². The molecular weight excluding hydrogens is 273 g/mol. The van der Waals surface area contributed by atoms with Crippen LogP contribution in [0.1, 0.15) is 44.1 Å². The minimum atomic E-state index is -0.879. The highest BCUT2D eigenvalue weighted by molar-refractivity contribution is 5.78. The molecule has 1 aromatic carbocycles. The number of hydrogen-bond acceptors (Lipinski definition) is 2. The normalized spacial score (nSPS) is 16.6. The molecule has 1 aliphatic rings. The van der Waals surface area contributed by atoms with Gasteiger partial charge in [0.1, 0.15) is 5.82 Å². The molecule has 1 aromatic rings. The van der Waals surface area contributed by atoms with Crippen molar-refractivity contribution in [2.24, 2.45) is 0 Å². The maximum atomic E-state index is 12.8. The van der Waals surface area contributed by atoms with Crippen molar-refractivity contribution in [1.29, 1.82) is 0 Å². The number of aliphatic carboxylic acids is 1. The van der Waals surface area contributed by atoms with Gasteiger partial charge in [-0.15, -0.1) is 0 Å². The summed E-state index contributed by atoms with van der Waals surface area (Å²) in [5, 5.41) is 11.9. The second-order valence-corrected chi connectivity index (χ2v) is 5.73. The summed E-state index contributed by atoms with van der Waals surface area (Å²) in [5.41, 5.74) is 0.316. The lowest BCUT2D eigenvalue weighted by Crippen LogP contribution is -2.47. The van der Waals surface area contributed by atoms with Gasteiger partial charge in [-0.25, -0.2) is 4.39 Å². The van der Waals surface area contributed by atoms with Gasteiger partial charge in [0.25, 0.3) is 0 Å². The molecule has 0 radical (unpaired) electrons. The zero-order valence-corrected chi connectivity index (χ0v) is 11.9. The van der Waals surface area contributed by atoms with E-state index in [1.165, 1.54) is 12.1 Å². The van der Waals surface area contributed by atoms with Crippen LogP contribution in [0.2, 0.25) is 0 Å². The topological polar surface area (TPSA) is 66.4 Å². The van der Waals surface area contributed by atoms with E-state index < -0.39 is 11.5 Å². The Morgan fingerprint density at radius 2 is 1.81 bits per heavy atom. The number of carbonyl (C=O) groups is 2. The first-order valence-electron chi connectivity index (χ1n) is 7.26. The second kappa shape index (κ2) is 6.70. The molecule has 0 spiro atoms. The summed E-state index contributed by atoms with van der Waals surface area (Å²) < 4.78 is 12.8. The molecule has 2 rings (SSSR count). The van der Waals surface area contributed by atoms with Gasteiger partial charge in [0.15, 0.2) is 0 Å². The molecule has 0 saturated heterocycles. The fourth-order valence-corrected chi connectivity index (χ4v) is 2.95. The van der Waals surface area contributed by atoms with Crippen LogP contribution in [0, 0.1) is 5.82 Å². The quantitative estimate of drug-likeness (QED) is 0.847. The van der Waals surface area contributed by atoms with Crippen molar-refractivity contribution in [3.63, 3.8) is 0 Å². The molecule has 1 saturated carbocycles. The van der Waals surface area contributed by atoms with Crippen LogP contribution in [-0.4, -0.2) is 22.5 Å². The number of carboxylic acid groups (broad SMARTS) is 1. The number of carbonyl (C=O) groups excluding carboxylic acids is 1. The first kappa shape index (κ1) is 15.5. The monoisotopic (exact) mass is 293 g/mol. The Kier molecular flexibility index (Phi) is 4.94. The number of aryl methyl sites for hydroxylation is 1. The van der Waals surface area contributed by atoms with E-state index in [0.29, 0.717) is 6.42 Å². The van der Waals surface area contributed by atoms with Crippen molar-refractivity contribution in [3.8, 4) is 0 Å². The largest absolute Gasteiger partial charge is 0.481 e. The lowest BCUT2D eigenvalue weighted by Gasteiger charge is -2.28. The minimum Gasteiger partial charge on any atom is -0.481 e. The Balaban J connectivity index is 1.87. The highest BCUT2D eigenvalue weighted by atomic mass is 19.1. The molecule has 21 heavy (non-hydrogen) atoms. The average Bonchev–Trinajstić information content (AvgIpc) is 2.85. The zero-order valence-electron chi connectivity index (χ0n) is 11.9. The lowest BCUT2D eigenvalue weighted by molar-refractivity contribution is -0.139. The van der Waals surface area contributed by atoms with E-state index in [9.17, 15) is 14.0 Å². The van der Waals surface area contributed by atoms with E-state index in [2.05, 4.69) is 5.32 Å². The molecular formula is C16H20FNO3. The third kappa shape index (κ3) is 4.55. The molecule has 0 aromatic heterocycles. The molecule has 0 heterocycles. The highest BCUT2D eigenvalue weighted by Gasteiger charge is 2.37. The Morgan fingerprint density at radius 3 is 2.38 bits per heavy atom. The van der Waals surface area contributed by atoms with Crippen LogP contribution >= 0.6 is 0 Å². The molecule has 1 aliphatic carbocycles. The molecule has 4 nitrogen and oxygen atoms in total. The molecule has 0 unspecified atom stereocenters. The molecule has 114 valence electrons. The van der Waals surface area contributed by atoms with Gasteiger partial charge in [-0.05, 0) is 37.0 Å². The van der Waals surface area contributed by atoms with Crippen LogP contribution in [0.3, 0.4) is 0 Å². The third-order valence-electron chi connectivity index (χ3n) is 4.01. The fourth-order valence-electron chi connectivity index (χ4n) is 2.95. The number of hydrogen-bond donors (Lipinski definition) is 2. The predicted molar refractivity (Wildman–Crippen MR) is 76.3 cm³/mol. The number of amides is 1. The van der Waals surface area contributed by atoms with Gasteiger partial charge in [-0.3, -0.25) is 9.59 Å². The first-order chi connectivity index (χ1) is 9.99. The Morgan fingerprint density at radius 1 is 1.19 bits per heavy atom. The SMILES string of the molecule is O=C(O)CC1(NC(=O)CCc2ccc(F)cc2)CCCC1. The van der Waals surface area contributed by atoms with Gasteiger partial charge in [-0.2, -0.15) is 0 Å². The van der Waals surface area contributed by atoms with Crippen LogP contribution in [0.5, 0.6) is 0 Å². The van der Waals surface area contributed by atoms with E-state index in [4.69, 9.17) is 5.11 Å². The van der Waals surface area contributed by atoms with Crippen molar-refractivity contribution in [2.45, 2.75) is 50.5 Å². The van der Waals surface area contributed by atoms with Gasteiger partial charge in [0, 0.05) is 6.42 Å². The second-order valence-electron chi connectivity index (χ2n) is 5.73.